The van der Waals surface area contributed by atoms with Crippen molar-refractivity contribution >= 4 is 28.3 Å². The minimum absolute atomic E-state index is 0.0129. The van der Waals surface area contributed by atoms with Gasteiger partial charge >= 0.3 is 5.97 Å². The maximum Gasteiger partial charge on any atom is 0.343 e. The molecule has 0 radical (unpaired) electrons. The van der Waals surface area contributed by atoms with Gasteiger partial charge in [-0.2, -0.15) is 0 Å². The lowest BCUT2D eigenvalue weighted by molar-refractivity contribution is 0.0731. The summed E-state index contributed by atoms with van der Waals surface area (Å²) in [5.41, 5.74) is 12.3. The van der Waals surface area contributed by atoms with Crippen LogP contribution in [0, 0.1) is 5.82 Å². The standard InChI is InChI=1S/C22H15FN2O4/c23-14-7-5-12(6-8-14)20-21(19(26)17-3-1-2-4-18(17)28-20)29-22(27)13-9-15(24)11-16(25)10-13/h1-11H,24-25H2. The van der Waals surface area contributed by atoms with Crippen molar-refractivity contribution in [3.05, 3.63) is 88.3 Å². The lowest BCUT2D eigenvalue weighted by Crippen LogP contribution is -2.16. The van der Waals surface area contributed by atoms with Gasteiger partial charge in [-0.3, -0.25) is 4.79 Å². The molecule has 0 spiro atoms. The van der Waals surface area contributed by atoms with Crippen molar-refractivity contribution in [1.82, 2.24) is 0 Å². The summed E-state index contributed by atoms with van der Waals surface area (Å²) in [7, 11) is 0. The number of fused-ring (bicyclic) bond motifs is 1. The fourth-order valence-corrected chi connectivity index (χ4v) is 2.95. The second-order valence-electron chi connectivity index (χ2n) is 6.37. The van der Waals surface area contributed by atoms with Gasteiger partial charge in [0, 0.05) is 16.9 Å². The van der Waals surface area contributed by atoms with Crippen molar-refractivity contribution in [3.63, 3.8) is 0 Å². The van der Waals surface area contributed by atoms with Crippen LogP contribution in [-0.4, -0.2) is 5.97 Å². The highest BCUT2D eigenvalue weighted by Gasteiger charge is 2.21. The van der Waals surface area contributed by atoms with E-state index in [2.05, 4.69) is 0 Å². The van der Waals surface area contributed by atoms with Gasteiger partial charge in [-0.15, -0.1) is 0 Å². The number of nitrogens with two attached hydrogens (primary N) is 2. The Labute approximate surface area is 164 Å². The quantitative estimate of drug-likeness (QED) is 0.405. The van der Waals surface area contributed by atoms with Crippen molar-refractivity contribution < 1.29 is 18.3 Å². The minimum atomic E-state index is -0.824. The SMILES string of the molecule is Nc1cc(N)cc(C(=O)Oc2c(-c3ccc(F)cc3)oc3ccccc3c2=O)c1. The van der Waals surface area contributed by atoms with Crippen molar-refractivity contribution in [2.45, 2.75) is 0 Å². The van der Waals surface area contributed by atoms with Gasteiger partial charge in [0.2, 0.25) is 11.2 Å². The number of anilines is 2. The number of hydrogen-bond acceptors (Lipinski definition) is 6. The molecule has 144 valence electrons. The summed E-state index contributed by atoms with van der Waals surface area (Å²) >= 11 is 0. The zero-order valence-corrected chi connectivity index (χ0v) is 15.0. The molecule has 4 N–H and O–H groups in total. The highest BCUT2D eigenvalue weighted by Crippen LogP contribution is 2.31. The molecule has 1 heterocycles. The number of rotatable bonds is 3. The summed E-state index contributed by atoms with van der Waals surface area (Å²) in [6.07, 6.45) is 0. The number of esters is 1. The Hall–Kier alpha value is -4.13. The Morgan fingerprint density at radius 3 is 2.28 bits per heavy atom. The van der Waals surface area contributed by atoms with Gasteiger partial charge in [-0.05, 0) is 54.6 Å². The summed E-state index contributed by atoms with van der Waals surface area (Å²) < 4.78 is 24.6. The number of para-hydroxylation sites is 1. The van der Waals surface area contributed by atoms with Crippen LogP contribution >= 0.6 is 0 Å². The normalized spacial score (nSPS) is 10.8. The molecular weight excluding hydrogens is 375 g/mol. The van der Waals surface area contributed by atoms with E-state index in [1.165, 1.54) is 42.5 Å². The topological polar surface area (TPSA) is 109 Å². The molecule has 0 amide bonds. The van der Waals surface area contributed by atoms with E-state index in [-0.39, 0.29) is 33.8 Å². The molecule has 6 nitrogen and oxygen atoms in total. The van der Waals surface area contributed by atoms with E-state index in [1.807, 2.05) is 0 Å². The van der Waals surface area contributed by atoms with E-state index in [9.17, 15) is 14.0 Å². The van der Waals surface area contributed by atoms with E-state index in [0.29, 0.717) is 11.1 Å². The van der Waals surface area contributed by atoms with Crippen molar-refractivity contribution in [3.8, 4) is 17.1 Å². The molecule has 0 aliphatic carbocycles. The molecule has 7 heteroatoms. The van der Waals surface area contributed by atoms with Crippen LogP contribution in [0.25, 0.3) is 22.3 Å². The number of carbonyl (C=O) groups excluding carboxylic acids is 1. The van der Waals surface area contributed by atoms with Crippen LogP contribution in [0.1, 0.15) is 10.4 Å². The average Bonchev–Trinajstić information content (AvgIpc) is 2.70. The Morgan fingerprint density at radius 2 is 1.59 bits per heavy atom. The molecule has 0 saturated heterocycles. The number of carbonyl (C=O) groups is 1. The molecule has 0 atom stereocenters. The number of benzene rings is 3. The summed E-state index contributed by atoms with van der Waals surface area (Å²) in [5, 5.41) is 0.244. The predicted molar refractivity (Wildman–Crippen MR) is 108 cm³/mol. The molecule has 0 bridgehead atoms. The van der Waals surface area contributed by atoms with Gasteiger partial charge in [0.15, 0.2) is 5.76 Å². The van der Waals surface area contributed by atoms with Crippen LogP contribution in [-0.2, 0) is 0 Å². The van der Waals surface area contributed by atoms with Crippen LogP contribution in [0.4, 0.5) is 15.8 Å². The van der Waals surface area contributed by atoms with E-state index < -0.39 is 17.2 Å². The molecule has 4 rings (SSSR count). The second kappa shape index (κ2) is 7.12. The molecular formula is C22H15FN2O4. The fourth-order valence-electron chi connectivity index (χ4n) is 2.95. The molecule has 0 saturated carbocycles. The van der Waals surface area contributed by atoms with Gasteiger partial charge in [-0.25, -0.2) is 9.18 Å². The lowest BCUT2D eigenvalue weighted by atomic mass is 10.1. The summed E-state index contributed by atoms with van der Waals surface area (Å²) in [5.74, 6) is -1.57. The van der Waals surface area contributed by atoms with Gasteiger partial charge in [0.25, 0.3) is 0 Å². The summed E-state index contributed by atoms with van der Waals surface area (Å²) in [6, 6.07) is 16.1. The van der Waals surface area contributed by atoms with Crippen molar-refractivity contribution in [1.29, 1.82) is 0 Å². The smallest absolute Gasteiger partial charge is 0.343 e. The number of halogens is 1. The molecule has 3 aromatic carbocycles. The average molecular weight is 390 g/mol. The third-order valence-corrected chi connectivity index (χ3v) is 4.27. The van der Waals surface area contributed by atoms with Gasteiger partial charge in [0.05, 0.1) is 10.9 Å². The maximum absolute atomic E-state index is 13.3. The van der Waals surface area contributed by atoms with Gasteiger partial charge in [-0.1, -0.05) is 12.1 Å². The largest absolute Gasteiger partial charge is 0.452 e. The fraction of sp³-hybridized carbons (Fsp3) is 0. The van der Waals surface area contributed by atoms with Crippen LogP contribution in [0.2, 0.25) is 0 Å². The first-order valence-electron chi connectivity index (χ1n) is 8.62. The Bertz CT molecular complexity index is 1280. The lowest BCUT2D eigenvalue weighted by Gasteiger charge is -2.11. The Balaban J connectivity index is 1.88. The predicted octanol–water partition coefficient (Wildman–Crippen LogP) is 3.98. The first kappa shape index (κ1) is 18.2. The van der Waals surface area contributed by atoms with Crippen LogP contribution in [0.3, 0.4) is 0 Å². The van der Waals surface area contributed by atoms with Gasteiger partial charge < -0.3 is 20.6 Å². The number of hydrogen-bond donors (Lipinski definition) is 2. The highest BCUT2D eigenvalue weighted by molar-refractivity contribution is 5.94. The second-order valence-corrected chi connectivity index (χ2v) is 6.37. The van der Waals surface area contributed by atoms with E-state index in [0.717, 1.165) is 0 Å². The Kier molecular flexibility index (Phi) is 4.48. The van der Waals surface area contributed by atoms with E-state index in [4.69, 9.17) is 20.6 Å². The Morgan fingerprint density at radius 1 is 0.931 bits per heavy atom. The molecule has 0 unspecified atom stereocenters. The van der Waals surface area contributed by atoms with Gasteiger partial charge in [0.1, 0.15) is 11.4 Å². The molecule has 0 aliphatic heterocycles. The number of nitrogen functional groups attached to an aromatic ring is 2. The van der Waals surface area contributed by atoms with Crippen molar-refractivity contribution in [2.75, 3.05) is 11.5 Å². The first-order chi connectivity index (χ1) is 13.9. The molecule has 1 aromatic heterocycles. The third kappa shape index (κ3) is 3.53. The monoisotopic (exact) mass is 390 g/mol. The van der Waals surface area contributed by atoms with Crippen LogP contribution in [0.15, 0.2) is 75.9 Å². The third-order valence-electron chi connectivity index (χ3n) is 4.27. The summed E-state index contributed by atoms with van der Waals surface area (Å²) in [6.45, 7) is 0. The van der Waals surface area contributed by atoms with Crippen LogP contribution < -0.4 is 21.6 Å². The molecule has 0 aliphatic rings. The highest BCUT2D eigenvalue weighted by atomic mass is 19.1. The summed E-state index contributed by atoms with van der Waals surface area (Å²) in [4.78, 5) is 25.7. The molecule has 29 heavy (non-hydrogen) atoms. The van der Waals surface area contributed by atoms with E-state index >= 15 is 0 Å². The molecule has 4 aromatic rings. The zero-order chi connectivity index (χ0) is 20.5. The number of ether oxygens (including phenoxy) is 1. The first-order valence-corrected chi connectivity index (χ1v) is 8.62. The van der Waals surface area contributed by atoms with Crippen LogP contribution in [0.5, 0.6) is 5.75 Å². The maximum atomic E-state index is 13.3. The zero-order valence-electron chi connectivity index (χ0n) is 15.0. The minimum Gasteiger partial charge on any atom is -0.452 e. The van der Waals surface area contributed by atoms with Crippen molar-refractivity contribution in [2.24, 2.45) is 0 Å². The molecule has 0 fully saturated rings. The van der Waals surface area contributed by atoms with E-state index in [1.54, 1.807) is 24.3 Å².